The molecule has 0 aromatic heterocycles. The Hall–Kier alpha value is -0.570. The standard InChI is InChI=1S/C14H24N2O/c15-14(6-2-1-3-7-14)12(17)16-10-13(8-9-13)11-4-5-11/h11H,1-10,15H2,(H,16,17). The fourth-order valence-corrected chi connectivity index (χ4v) is 3.43. The Morgan fingerprint density at radius 3 is 2.29 bits per heavy atom. The largest absolute Gasteiger partial charge is 0.354 e. The van der Waals surface area contributed by atoms with E-state index in [0.29, 0.717) is 5.41 Å². The van der Waals surface area contributed by atoms with Crippen molar-refractivity contribution in [1.82, 2.24) is 5.32 Å². The number of hydrogen-bond donors (Lipinski definition) is 2. The van der Waals surface area contributed by atoms with Gasteiger partial charge in [-0.25, -0.2) is 0 Å². The van der Waals surface area contributed by atoms with Crippen LogP contribution in [-0.2, 0) is 4.79 Å². The Balaban J connectivity index is 1.52. The van der Waals surface area contributed by atoms with E-state index in [1.165, 1.54) is 32.1 Å². The fraction of sp³-hybridized carbons (Fsp3) is 0.929. The monoisotopic (exact) mass is 236 g/mol. The molecule has 0 spiro atoms. The van der Waals surface area contributed by atoms with Crippen molar-refractivity contribution in [2.24, 2.45) is 17.1 Å². The third-order valence-electron chi connectivity index (χ3n) is 5.13. The Morgan fingerprint density at radius 1 is 1.12 bits per heavy atom. The molecule has 17 heavy (non-hydrogen) atoms. The molecule has 0 heterocycles. The number of carbonyl (C=O) groups is 1. The summed E-state index contributed by atoms with van der Waals surface area (Å²) in [6, 6.07) is 0. The van der Waals surface area contributed by atoms with E-state index in [1.807, 2.05) is 0 Å². The van der Waals surface area contributed by atoms with Gasteiger partial charge in [0, 0.05) is 6.54 Å². The first-order valence-corrected chi connectivity index (χ1v) is 7.22. The van der Waals surface area contributed by atoms with Gasteiger partial charge in [-0.3, -0.25) is 4.79 Å². The summed E-state index contributed by atoms with van der Waals surface area (Å²) in [6.45, 7) is 0.884. The lowest BCUT2D eigenvalue weighted by Gasteiger charge is -2.32. The summed E-state index contributed by atoms with van der Waals surface area (Å²) < 4.78 is 0. The molecule has 3 aliphatic carbocycles. The van der Waals surface area contributed by atoms with E-state index in [2.05, 4.69) is 5.32 Å². The summed E-state index contributed by atoms with van der Waals surface area (Å²) in [6.07, 6.45) is 10.6. The molecule has 0 radical (unpaired) electrons. The third kappa shape index (κ3) is 2.22. The van der Waals surface area contributed by atoms with Crippen molar-refractivity contribution in [3.8, 4) is 0 Å². The summed E-state index contributed by atoms with van der Waals surface area (Å²) in [7, 11) is 0. The zero-order chi connectivity index (χ0) is 11.9. The minimum Gasteiger partial charge on any atom is -0.354 e. The molecule has 96 valence electrons. The molecular formula is C14H24N2O. The van der Waals surface area contributed by atoms with Gasteiger partial charge >= 0.3 is 0 Å². The highest BCUT2D eigenvalue weighted by molar-refractivity contribution is 5.86. The maximum absolute atomic E-state index is 12.2. The van der Waals surface area contributed by atoms with Gasteiger partial charge in [-0.05, 0) is 49.9 Å². The predicted octanol–water partition coefficient (Wildman–Crippen LogP) is 1.95. The minimum atomic E-state index is -0.558. The van der Waals surface area contributed by atoms with Crippen LogP contribution in [0.4, 0.5) is 0 Å². The summed E-state index contributed by atoms with van der Waals surface area (Å²) in [5, 5.41) is 3.15. The van der Waals surface area contributed by atoms with Crippen molar-refractivity contribution in [2.45, 2.75) is 63.3 Å². The first-order chi connectivity index (χ1) is 8.15. The van der Waals surface area contributed by atoms with Crippen molar-refractivity contribution >= 4 is 5.91 Å². The normalized spacial score (nSPS) is 29.7. The molecule has 3 saturated carbocycles. The lowest BCUT2D eigenvalue weighted by molar-refractivity contribution is -0.127. The summed E-state index contributed by atoms with van der Waals surface area (Å²) in [5.74, 6) is 1.02. The number of carbonyl (C=O) groups excluding carboxylic acids is 1. The average Bonchev–Trinajstić information content (AvgIpc) is 3.17. The molecule has 3 nitrogen and oxygen atoms in total. The maximum atomic E-state index is 12.2. The van der Waals surface area contributed by atoms with E-state index in [0.717, 1.165) is 38.1 Å². The van der Waals surface area contributed by atoms with Crippen LogP contribution in [-0.4, -0.2) is 18.0 Å². The highest BCUT2D eigenvalue weighted by Gasteiger charge is 2.54. The minimum absolute atomic E-state index is 0.115. The van der Waals surface area contributed by atoms with E-state index in [1.54, 1.807) is 0 Å². The van der Waals surface area contributed by atoms with Crippen LogP contribution in [0.5, 0.6) is 0 Å². The van der Waals surface area contributed by atoms with E-state index in [-0.39, 0.29) is 5.91 Å². The number of nitrogens with one attached hydrogen (secondary N) is 1. The number of hydrogen-bond acceptors (Lipinski definition) is 2. The molecule has 3 aliphatic rings. The topological polar surface area (TPSA) is 55.1 Å². The summed E-state index contributed by atoms with van der Waals surface area (Å²) >= 11 is 0. The van der Waals surface area contributed by atoms with E-state index in [9.17, 15) is 4.79 Å². The average molecular weight is 236 g/mol. The van der Waals surface area contributed by atoms with Crippen LogP contribution in [0.15, 0.2) is 0 Å². The van der Waals surface area contributed by atoms with Crippen molar-refractivity contribution in [2.75, 3.05) is 6.54 Å². The second kappa shape index (κ2) is 3.98. The Kier molecular flexibility index (Phi) is 2.69. The van der Waals surface area contributed by atoms with Crippen LogP contribution >= 0.6 is 0 Å². The first kappa shape index (κ1) is 11.5. The zero-order valence-corrected chi connectivity index (χ0v) is 10.6. The second-order valence-corrected chi connectivity index (χ2v) is 6.54. The quantitative estimate of drug-likeness (QED) is 0.784. The SMILES string of the molecule is NC1(C(=O)NCC2(C3CC3)CC2)CCCCC1. The lowest BCUT2D eigenvalue weighted by atomic mass is 9.81. The zero-order valence-electron chi connectivity index (χ0n) is 10.6. The van der Waals surface area contributed by atoms with Gasteiger partial charge in [0.2, 0.25) is 5.91 Å². The van der Waals surface area contributed by atoms with Crippen molar-refractivity contribution in [3.63, 3.8) is 0 Å². The van der Waals surface area contributed by atoms with Gasteiger partial charge in [0.25, 0.3) is 0 Å². The van der Waals surface area contributed by atoms with E-state index < -0.39 is 5.54 Å². The Bertz CT molecular complexity index is 312. The Morgan fingerprint density at radius 2 is 1.76 bits per heavy atom. The third-order valence-corrected chi connectivity index (χ3v) is 5.13. The van der Waals surface area contributed by atoms with Gasteiger partial charge < -0.3 is 11.1 Å². The summed E-state index contributed by atoms with van der Waals surface area (Å²) in [5.41, 5.74) is 6.16. The fourth-order valence-electron chi connectivity index (χ4n) is 3.43. The molecule has 3 fully saturated rings. The number of nitrogens with two attached hydrogens (primary N) is 1. The lowest BCUT2D eigenvalue weighted by Crippen LogP contribution is -2.55. The molecule has 3 heteroatoms. The smallest absolute Gasteiger partial charge is 0.240 e. The van der Waals surface area contributed by atoms with Crippen LogP contribution in [0.1, 0.15) is 57.8 Å². The molecule has 0 saturated heterocycles. The maximum Gasteiger partial charge on any atom is 0.240 e. The van der Waals surface area contributed by atoms with Crippen LogP contribution in [0.2, 0.25) is 0 Å². The highest BCUT2D eigenvalue weighted by atomic mass is 16.2. The van der Waals surface area contributed by atoms with Gasteiger partial charge in [-0.2, -0.15) is 0 Å². The van der Waals surface area contributed by atoms with Gasteiger partial charge in [0.05, 0.1) is 5.54 Å². The second-order valence-electron chi connectivity index (χ2n) is 6.54. The Labute approximate surface area is 104 Å². The molecule has 0 aromatic carbocycles. The molecule has 3 rings (SSSR count). The molecule has 0 atom stereocenters. The first-order valence-electron chi connectivity index (χ1n) is 7.22. The van der Waals surface area contributed by atoms with Crippen molar-refractivity contribution < 1.29 is 4.79 Å². The van der Waals surface area contributed by atoms with Crippen LogP contribution in [0.3, 0.4) is 0 Å². The number of amides is 1. The molecule has 3 N–H and O–H groups in total. The van der Waals surface area contributed by atoms with Gasteiger partial charge in [-0.15, -0.1) is 0 Å². The molecule has 0 bridgehead atoms. The van der Waals surface area contributed by atoms with Gasteiger partial charge in [-0.1, -0.05) is 19.3 Å². The molecule has 0 aromatic rings. The van der Waals surface area contributed by atoms with Gasteiger partial charge in [0.15, 0.2) is 0 Å². The van der Waals surface area contributed by atoms with Gasteiger partial charge in [0.1, 0.15) is 0 Å². The van der Waals surface area contributed by atoms with Crippen LogP contribution < -0.4 is 11.1 Å². The molecule has 0 unspecified atom stereocenters. The summed E-state index contributed by atoms with van der Waals surface area (Å²) in [4.78, 5) is 12.2. The highest BCUT2D eigenvalue weighted by Crippen LogP contribution is 2.60. The van der Waals surface area contributed by atoms with E-state index in [4.69, 9.17) is 5.73 Å². The predicted molar refractivity (Wildman–Crippen MR) is 67.4 cm³/mol. The molecule has 0 aliphatic heterocycles. The number of rotatable bonds is 4. The van der Waals surface area contributed by atoms with Crippen LogP contribution in [0.25, 0.3) is 0 Å². The molecular weight excluding hydrogens is 212 g/mol. The van der Waals surface area contributed by atoms with Crippen molar-refractivity contribution in [3.05, 3.63) is 0 Å². The molecule has 1 amide bonds. The van der Waals surface area contributed by atoms with E-state index >= 15 is 0 Å². The van der Waals surface area contributed by atoms with Crippen LogP contribution in [0, 0.1) is 11.3 Å². The van der Waals surface area contributed by atoms with Crippen molar-refractivity contribution in [1.29, 1.82) is 0 Å².